The molecule has 2 aromatic rings. The predicted octanol–water partition coefficient (Wildman–Crippen LogP) is 4.96. The molecule has 2 rings (SSSR count). The molecule has 5 heteroatoms. The zero-order valence-corrected chi connectivity index (χ0v) is 16.6. The summed E-state index contributed by atoms with van der Waals surface area (Å²) in [5, 5.41) is 12.1. The van der Waals surface area contributed by atoms with Crippen LogP contribution in [0, 0.1) is 14.9 Å². The van der Waals surface area contributed by atoms with Gasteiger partial charge in [0.2, 0.25) is 0 Å². The van der Waals surface area contributed by atoms with E-state index in [1.54, 1.807) is 18.2 Å². The third-order valence-electron chi connectivity index (χ3n) is 3.61. The van der Waals surface area contributed by atoms with Crippen LogP contribution < -0.4 is 10.1 Å². The summed E-state index contributed by atoms with van der Waals surface area (Å²) in [7, 11) is 0. The number of hydrogen-bond donors (Lipinski definition) is 1. The number of carbonyl (C=O) groups is 1. The highest BCUT2D eigenvalue weighted by atomic mass is 127. The fraction of sp³-hybridized carbons (Fsp3) is 0.143. The molecule has 26 heavy (non-hydrogen) atoms. The van der Waals surface area contributed by atoms with Crippen molar-refractivity contribution in [3.63, 3.8) is 0 Å². The molecular formula is C21H19IN2O2. The van der Waals surface area contributed by atoms with Crippen molar-refractivity contribution in [2.24, 2.45) is 0 Å². The summed E-state index contributed by atoms with van der Waals surface area (Å²) in [6.07, 6.45) is 4.17. The van der Waals surface area contributed by atoms with Gasteiger partial charge in [0.25, 0.3) is 5.91 Å². The number of carbonyl (C=O) groups excluding carboxylic acids is 1. The van der Waals surface area contributed by atoms with E-state index in [1.807, 2.05) is 42.5 Å². The van der Waals surface area contributed by atoms with Crippen molar-refractivity contribution in [2.75, 3.05) is 11.9 Å². The maximum atomic E-state index is 12.4. The normalized spacial score (nSPS) is 10.7. The Hall–Kier alpha value is -2.59. The second-order valence-corrected chi connectivity index (χ2v) is 6.63. The number of halogens is 1. The lowest BCUT2D eigenvalue weighted by atomic mass is 10.1. The van der Waals surface area contributed by atoms with E-state index in [9.17, 15) is 10.1 Å². The van der Waals surface area contributed by atoms with Crippen LogP contribution in [0.1, 0.15) is 18.1 Å². The first-order valence-corrected chi connectivity index (χ1v) is 9.20. The molecule has 0 saturated heterocycles. The van der Waals surface area contributed by atoms with Gasteiger partial charge in [0.1, 0.15) is 24.0 Å². The molecule has 0 spiro atoms. The monoisotopic (exact) mass is 458 g/mol. The van der Waals surface area contributed by atoms with Crippen LogP contribution >= 0.6 is 22.6 Å². The van der Waals surface area contributed by atoms with Gasteiger partial charge in [-0.15, -0.1) is 0 Å². The van der Waals surface area contributed by atoms with Crippen molar-refractivity contribution in [3.8, 4) is 11.8 Å². The van der Waals surface area contributed by atoms with Gasteiger partial charge in [0, 0.05) is 5.69 Å². The van der Waals surface area contributed by atoms with Crippen molar-refractivity contribution in [3.05, 3.63) is 75.4 Å². The summed E-state index contributed by atoms with van der Waals surface area (Å²) in [6.45, 7) is 6.11. The van der Waals surface area contributed by atoms with Gasteiger partial charge in [0.15, 0.2) is 0 Å². The molecule has 0 aliphatic carbocycles. The highest BCUT2D eigenvalue weighted by molar-refractivity contribution is 14.1. The maximum Gasteiger partial charge on any atom is 0.266 e. The highest BCUT2D eigenvalue weighted by Gasteiger charge is 2.10. The number of nitrogens with one attached hydrogen (secondary N) is 1. The number of ether oxygens (including phenoxy) is 1. The number of nitriles is 1. The SMILES string of the molecule is C=CCOc1ccc(/C=C(\C#N)C(=O)Nc2ccc(CC)cc2)cc1I. The Bertz CT molecular complexity index is 865. The Labute approximate surface area is 167 Å². The molecule has 1 amide bonds. The van der Waals surface area contributed by atoms with E-state index >= 15 is 0 Å². The summed E-state index contributed by atoms with van der Waals surface area (Å²) >= 11 is 2.16. The van der Waals surface area contributed by atoms with E-state index in [0.717, 1.165) is 21.3 Å². The Kier molecular flexibility index (Phi) is 7.42. The molecule has 4 nitrogen and oxygen atoms in total. The van der Waals surface area contributed by atoms with E-state index in [0.29, 0.717) is 12.3 Å². The third kappa shape index (κ3) is 5.46. The summed E-state index contributed by atoms with van der Waals surface area (Å²) in [5.74, 6) is 0.306. The van der Waals surface area contributed by atoms with Crippen LogP contribution in [0.3, 0.4) is 0 Å². The first-order chi connectivity index (χ1) is 12.6. The van der Waals surface area contributed by atoms with Crippen LogP contribution in [0.15, 0.2) is 60.7 Å². The quantitative estimate of drug-likeness (QED) is 0.276. The molecule has 0 aliphatic heterocycles. The van der Waals surface area contributed by atoms with Gasteiger partial charge in [0.05, 0.1) is 3.57 Å². The van der Waals surface area contributed by atoms with E-state index in [2.05, 4.69) is 41.4 Å². The van der Waals surface area contributed by atoms with Gasteiger partial charge in [-0.25, -0.2) is 0 Å². The average molecular weight is 458 g/mol. The molecule has 0 fully saturated rings. The lowest BCUT2D eigenvalue weighted by molar-refractivity contribution is -0.112. The van der Waals surface area contributed by atoms with Gasteiger partial charge in [-0.3, -0.25) is 4.79 Å². The first kappa shape index (κ1) is 19.7. The fourth-order valence-corrected chi connectivity index (χ4v) is 2.91. The zero-order chi connectivity index (χ0) is 18.9. The molecular weight excluding hydrogens is 439 g/mol. The van der Waals surface area contributed by atoms with Gasteiger partial charge in [-0.1, -0.05) is 37.8 Å². The smallest absolute Gasteiger partial charge is 0.266 e. The number of aryl methyl sites for hydroxylation is 1. The number of hydrogen-bond acceptors (Lipinski definition) is 3. The van der Waals surface area contributed by atoms with E-state index in [4.69, 9.17) is 4.74 Å². The van der Waals surface area contributed by atoms with Gasteiger partial charge >= 0.3 is 0 Å². The highest BCUT2D eigenvalue weighted by Crippen LogP contribution is 2.23. The van der Waals surface area contributed by atoms with Crippen molar-refractivity contribution in [1.29, 1.82) is 5.26 Å². The van der Waals surface area contributed by atoms with Crippen LogP contribution in [-0.4, -0.2) is 12.5 Å². The zero-order valence-electron chi connectivity index (χ0n) is 14.5. The molecule has 1 N–H and O–H groups in total. The molecule has 0 unspecified atom stereocenters. The number of nitrogens with zero attached hydrogens (tertiary/aromatic N) is 1. The van der Waals surface area contributed by atoms with Crippen LogP contribution in [0.4, 0.5) is 5.69 Å². The number of benzene rings is 2. The van der Waals surface area contributed by atoms with Crippen LogP contribution in [0.25, 0.3) is 6.08 Å². The Morgan fingerprint density at radius 1 is 1.31 bits per heavy atom. The lowest BCUT2D eigenvalue weighted by Crippen LogP contribution is -2.13. The van der Waals surface area contributed by atoms with Crippen molar-refractivity contribution < 1.29 is 9.53 Å². The maximum absolute atomic E-state index is 12.4. The predicted molar refractivity (Wildman–Crippen MR) is 113 cm³/mol. The molecule has 0 atom stereocenters. The second kappa shape index (κ2) is 9.78. The summed E-state index contributed by atoms with van der Waals surface area (Å²) in [6, 6.07) is 15.0. The lowest BCUT2D eigenvalue weighted by Gasteiger charge is -2.07. The molecule has 2 aromatic carbocycles. The van der Waals surface area contributed by atoms with Crippen molar-refractivity contribution in [1.82, 2.24) is 0 Å². The molecule has 0 heterocycles. The van der Waals surface area contributed by atoms with Gasteiger partial charge in [-0.2, -0.15) is 5.26 Å². The van der Waals surface area contributed by atoms with Crippen LogP contribution in [-0.2, 0) is 11.2 Å². The van der Waals surface area contributed by atoms with Gasteiger partial charge < -0.3 is 10.1 Å². The standard InChI is InChI=1S/C21H19IN2O2/c1-3-11-26-20-10-7-16(13-19(20)22)12-17(14-23)21(25)24-18-8-5-15(4-2)6-9-18/h3,5-10,12-13H,1,4,11H2,2H3,(H,24,25)/b17-12+. The second-order valence-electron chi connectivity index (χ2n) is 5.46. The average Bonchev–Trinajstić information content (AvgIpc) is 2.66. The van der Waals surface area contributed by atoms with Crippen LogP contribution in [0.5, 0.6) is 5.75 Å². The summed E-state index contributed by atoms with van der Waals surface area (Å²) in [5.41, 5.74) is 2.65. The minimum absolute atomic E-state index is 0.0418. The van der Waals surface area contributed by atoms with Crippen molar-refractivity contribution in [2.45, 2.75) is 13.3 Å². The molecule has 0 aliphatic rings. The minimum atomic E-state index is -0.432. The van der Waals surface area contributed by atoms with Crippen molar-refractivity contribution >= 4 is 40.3 Å². The largest absolute Gasteiger partial charge is 0.488 e. The third-order valence-corrected chi connectivity index (χ3v) is 4.45. The first-order valence-electron chi connectivity index (χ1n) is 8.12. The molecule has 0 aromatic heterocycles. The number of rotatable bonds is 7. The van der Waals surface area contributed by atoms with E-state index in [-0.39, 0.29) is 5.57 Å². The summed E-state index contributed by atoms with van der Waals surface area (Å²) < 4.78 is 6.42. The molecule has 0 saturated carbocycles. The van der Waals surface area contributed by atoms with E-state index < -0.39 is 5.91 Å². The fourth-order valence-electron chi connectivity index (χ4n) is 2.21. The molecule has 0 radical (unpaired) electrons. The number of amides is 1. The minimum Gasteiger partial charge on any atom is -0.488 e. The van der Waals surface area contributed by atoms with E-state index in [1.165, 1.54) is 5.56 Å². The molecule has 0 bridgehead atoms. The Morgan fingerprint density at radius 3 is 2.62 bits per heavy atom. The molecule has 132 valence electrons. The Balaban J connectivity index is 2.15. The number of anilines is 1. The topological polar surface area (TPSA) is 62.1 Å². The summed E-state index contributed by atoms with van der Waals surface area (Å²) in [4.78, 5) is 12.4. The van der Waals surface area contributed by atoms with Gasteiger partial charge in [-0.05, 0) is 70.5 Å². The Morgan fingerprint density at radius 2 is 2.04 bits per heavy atom. The van der Waals surface area contributed by atoms with Crippen LogP contribution in [0.2, 0.25) is 0 Å².